The molecule has 0 radical (unpaired) electrons. The number of nitrogens with two attached hydrogens (primary N) is 1. The Labute approximate surface area is 69.2 Å². The summed E-state index contributed by atoms with van der Waals surface area (Å²) in [6.45, 7) is 1.66. The highest BCUT2D eigenvalue weighted by molar-refractivity contribution is 5.74. The Balaban J connectivity index is 2.71. The molecule has 0 fully saturated rings. The number of carboxylic acids is 1. The van der Waals surface area contributed by atoms with E-state index in [4.69, 9.17) is 15.3 Å². The number of carbonyl (C=O) groups is 1. The summed E-state index contributed by atoms with van der Waals surface area (Å²) >= 11 is 0. The largest absolute Gasteiger partial charge is 0.480 e. The van der Waals surface area contributed by atoms with Crippen molar-refractivity contribution >= 4 is 5.97 Å². The van der Waals surface area contributed by atoms with Gasteiger partial charge in [-0.2, -0.15) is 0 Å². The summed E-state index contributed by atoms with van der Waals surface area (Å²) in [4.78, 5) is 14.3. The van der Waals surface area contributed by atoms with Gasteiger partial charge in [-0.1, -0.05) is 6.92 Å². The van der Waals surface area contributed by atoms with E-state index in [1.165, 1.54) is 12.5 Å². The van der Waals surface area contributed by atoms with Crippen molar-refractivity contribution in [1.82, 2.24) is 4.98 Å². The Morgan fingerprint density at radius 2 is 2.50 bits per heavy atom. The maximum absolute atomic E-state index is 10.4. The fourth-order valence-electron chi connectivity index (χ4n) is 0.827. The summed E-state index contributed by atoms with van der Waals surface area (Å²) in [5.41, 5.74) is 5.35. The smallest absolute Gasteiger partial charge is 0.321 e. The van der Waals surface area contributed by atoms with Crippen LogP contribution in [0.4, 0.5) is 0 Å². The van der Waals surface area contributed by atoms with Crippen LogP contribution in [0.1, 0.15) is 18.7 Å². The van der Waals surface area contributed by atoms with Crippen LogP contribution in [0.25, 0.3) is 0 Å². The second-order valence-corrected chi connectivity index (χ2v) is 2.52. The molecule has 0 spiro atoms. The number of oxazole rings is 1. The normalized spacial score (nSPS) is 15.5. The van der Waals surface area contributed by atoms with Crippen molar-refractivity contribution in [2.24, 2.45) is 5.73 Å². The average Bonchev–Trinajstić information content (AvgIpc) is 2.53. The van der Waals surface area contributed by atoms with Gasteiger partial charge >= 0.3 is 5.97 Å². The summed E-state index contributed by atoms with van der Waals surface area (Å²) in [7, 11) is 0. The molecule has 1 aromatic heterocycles. The van der Waals surface area contributed by atoms with Crippen LogP contribution in [-0.2, 0) is 4.79 Å². The molecule has 1 unspecified atom stereocenters. The zero-order chi connectivity index (χ0) is 9.14. The standard InChI is InChI=1S/C7H10N2O3/c1-4(5(8)7(10)11)6-9-2-3-12-6/h2-5H,8H2,1H3,(H,10,11)/t4?,5-/m0/s1. The number of nitrogens with zero attached hydrogens (tertiary/aromatic N) is 1. The van der Waals surface area contributed by atoms with Crippen LogP contribution < -0.4 is 5.73 Å². The monoisotopic (exact) mass is 170 g/mol. The molecule has 5 nitrogen and oxygen atoms in total. The first-order chi connectivity index (χ1) is 5.63. The van der Waals surface area contributed by atoms with E-state index < -0.39 is 17.9 Å². The highest BCUT2D eigenvalue weighted by Crippen LogP contribution is 2.15. The number of hydrogen-bond acceptors (Lipinski definition) is 4. The molecule has 1 heterocycles. The van der Waals surface area contributed by atoms with Gasteiger partial charge in [0, 0.05) is 0 Å². The molecule has 12 heavy (non-hydrogen) atoms. The molecule has 1 rings (SSSR count). The number of hydrogen-bond donors (Lipinski definition) is 2. The SMILES string of the molecule is CC(c1ncco1)[C@H](N)C(=O)O. The van der Waals surface area contributed by atoms with E-state index in [9.17, 15) is 4.79 Å². The van der Waals surface area contributed by atoms with Gasteiger partial charge in [0.1, 0.15) is 12.3 Å². The molecule has 0 aromatic carbocycles. The summed E-state index contributed by atoms with van der Waals surface area (Å²) in [6, 6.07) is -0.969. The van der Waals surface area contributed by atoms with E-state index >= 15 is 0 Å². The van der Waals surface area contributed by atoms with Crippen LogP contribution in [0.15, 0.2) is 16.9 Å². The second kappa shape index (κ2) is 3.36. The van der Waals surface area contributed by atoms with Gasteiger partial charge in [-0.15, -0.1) is 0 Å². The molecule has 0 aliphatic heterocycles. The maximum atomic E-state index is 10.4. The predicted octanol–water partition coefficient (Wildman–Crippen LogP) is 0.190. The van der Waals surface area contributed by atoms with Gasteiger partial charge in [0.15, 0.2) is 5.89 Å². The summed E-state index contributed by atoms with van der Waals surface area (Å²) in [5, 5.41) is 8.56. The Hall–Kier alpha value is -1.36. The van der Waals surface area contributed by atoms with E-state index in [0.717, 1.165) is 0 Å². The van der Waals surface area contributed by atoms with Crippen LogP contribution in [-0.4, -0.2) is 22.1 Å². The maximum Gasteiger partial charge on any atom is 0.321 e. The molecule has 66 valence electrons. The summed E-state index contributed by atoms with van der Waals surface area (Å²) < 4.78 is 4.91. The minimum atomic E-state index is -1.05. The number of aliphatic carboxylic acids is 1. The Kier molecular flexibility index (Phi) is 2.44. The molecule has 0 saturated carbocycles. The fourth-order valence-corrected chi connectivity index (χ4v) is 0.827. The lowest BCUT2D eigenvalue weighted by atomic mass is 10.0. The van der Waals surface area contributed by atoms with E-state index in [2.05, 4.69) is 4.98 Å². The fraction of sp³-hybridized carbons (Fsp3) is 0.429. The molecule has 5 heteroatoms. The third-order valence-electron chi connectivity index (χ3n) is 1.66. The third kappa shape index (κ3) is 1.62. The summed E-state index contributed by atoms with van der Waals surface area (Å²) in [5.74, 6) is -1.11. The van der Waals surface area contributed by atoms with Crippen molar-refractivity contribution in [3.63, 3.8) is 0 Å². The van der Waals surface area contributed by atoms with Crippen LogP contribution >= 0.6 is 0 Å². The zero-order valence-corrected chi connectivity index (χ0v) is 6.60. The lowest BCUT2D eigenvalue weighted by Gasteiger charge is -2.11. The van der Waals surface area contributed by atoms with Crippen LogP contribution in [0.2, 0.25) is 0 Å². The van der Waals surface area contributed by atoms with Crippen molar-refractivity contribution in [3.8, 4) is 0 Å². The third-order valence-corrected chi connectivity index (χ3v) is 1.66. The van der Waals surface area contributed by atoms with E-state index in [0.29, 0.717) is 5.89 Å². The van der Waals surface area contributed by atoms with Gasteiger partial charge in [0.25, 0.3) is 0 Å². The Morgan fingerprint density at radius 3 is 2.92 bits per heavy atom. The molecular formula is C7H10N2O3. The minimum absolute atomic E-state index is 0.352. The highest BCUT2D eigenvalue weighted by Gasteiger charge is 2.24. The van der Waals surface area contributed by atoms with Crippen molar-refractivity contribution < 1.29 is 14.3 Å². The van der Waals surface area contributed by atoms with E-state index in [1.54, 1.807) is 6.92 Å². The van der Waals surface area contributed by atoms with Crippen molar-refractivity contribution in [2.75, 3.05) is 0 Å². The molecular weight excluding hydrogens is 160 g/mol. The first-order valence-corrected chi connectivity index (χ1v) is 3.50. The molecule has 0 amide bonds. The molecule has 0 bridgehead atoms. The van der Waals surface area contributed by atoms with Gasteiger partial charge in [-0.25, -0.2) is 4.98 Å². The first kappa shape index (κ1) is 8.73. The van der Waals surface area contributed by atoms with Gasteiger partial charge in [0.05, 0.1) is 12.1 Å². The number of carboxylic acid groups (broad SMARTS) is 1. The molecule has 0 aliphatic carbocycles. The quantitative estimate of drug-likeness (QED) is 0.675. The average molecular weight is 170 g/mol. The zero-order valence-electron chi connectivity index (χ0n) is 6.60. The lowest BCUT2D eigenvalue weighted by molar-refractivity contribution is -0.139. The molecule has 0 aliphatic rings. The van der Waals surface area contributed by atoms with Crippen LogP contribution in [0.3, 0.4) is 0 Å². The predicted molar refractivity (Wildman–Crippen MR) is 40.5 cm³/mol. The van der Waals surface area contributed by atoms with Gasteiger partial charge in [0.2, 0.25) is 0 Å². The Morgan fingerprint density at radius 1 is 1.83 bits per heavy atom. The van der Waals surface area contributed by atoms with E-state index in [-0.39, 0.29) is 0 Å². The van der Waals surface area contributed by atoms with Crippen molar-refractivity contribution in [3.05, 3.63) is 18.4 Å². The first-order valence-electron chi connectivity index (χ1n) is 3.50. The van der Waals surface area contributed by atoms with Crippen molar-refractivity contribution in [2.45, 2.75) is 18.9 Å². The van der Waals surface area contributed by atoms with Gasteiger partial charge in [-0.05, 0) is 0 Å². The van der Waals surface area contributed by atoms with Gasteiger partial charge in [-0.3, -0.25) is 4.79 Å². The number of aromatic nitrogens is 1. The van der Waals surface area contributed by atoms with Crippen LogP contribution in [0.5, 0.6) is 0 Å². The molecule has 1 aromatic rings. The van der Waals surface area contributed by atoms with E-state index in [1.807, 2.05) is 0 Å². The molecule has 0 saturated heterocycles. The Bertz CT molecular complexity index is 258. The topological polar surface area (TPSA) is 89.4 Å². The molecule has 3 N–H and O–H groups in total. The van der Waals surface area contributed by atoms with Crippen LogP contribution in [0, 0.1) is 0 Å². The van der Waals surface area contributed by atoms with Crippen molar-refractivity contribution in [1.29, 1.82) is 0 Å². The lowest BCUT2D eigenvalue weighted by Crippen LogP contribution is -2.35. The molecule has 2 atom stereocenters. The van der Waals surface area contributed by atoms with Gasteiger partial charge < -0.3 is 15.3 Å². The minimum Gasteiger partial charge on any atom is -0.480 e. The number of rotatable bonds is 3. The summed E-state index contributed by atoms with van der Waals surface area (Å²) in [6.07, 6.45) is 2.85. The second-order valence-electron chi connectivity index (χ2n) is 2.52. The highest BCUT2D eigenvalue weighted by atomic mass is 16.4.